The fourth-order valence-electron chi connectivity index (χ4n) is 5.21. The summed E-state index contributed by atoms with van der Waals surface area (Å²) >= 11 is 0. The third kappa shape index (κ3) is 7.29. The predicted molar refractivity (Wildman–Crippen MR) is 153 cm³/mol. The first-order valence-electron chi connectivity index (χ1n) is 14.1. The molecule has 3 aromatic rings. The Kier molecular flexibility index (Phi) is 9.22. The van der Waals surface area contributed by atoms with E-state index < -0.39 is 35.4 Å². The van der Waals surface area contributed by atoms with E-state index in [4.69, 9.17) is 4.74 Å². The van der Waals surface area contributed by atoms with Crippen LogP contribution in [0.4, 0.5) is 17.6 Å². The zero-order valence-corrected chi connectivity index (χ0v) is 23.7. The van der Waals surface area contributed by atoms with Gasteiger partial charge in [-0.05, 0) is 42.8 Å². The Hall–Kier alpha value is -4.09. The lowest BCUT2D eigenvalue weighted by atomic mass is 9.97. The van der Waals surface area contributed by atoms with Crippen molar-refractivity contribution in [2.45, 2.75) is 25.6 Å². The molecule has 0 aliphatic carbocycles. The van der Waals surface area contributed by atoms with Gasteiger partial charge in [-0.1, -0.05) is 48.0 Å². The van der Waals surface area contributed by atoms with Crippen LogP contribution in [0.1, 0.15) is 45.1 Å². The summed E-state index contributed by atoms with van der Waals surface area (Å²) in [6, 6.07) is 17.3. The number of benzene rings is 3. The summed E-state index contributed by atoms with van der Waals surface area (Å²) in [4.78, 5) is 30.9. The lowest BCUT2D eigenvalue weighted by molar-refractivity contribution is -0.137. The van der Waals surface area contributed by atoms with Crippen LogP contribution in [0.5, 0.6) is 0 Å². The van der Waals surface area contributed by atoms with Crippen LogP contribution in [-0.4, -0.2) is 78.3 Å². The molecule has 3 aromatic carbocycles. The standard InChI is InChI=1S/C32H32F4N4O3/c1-22-6-8-23(9-7-22)29-20-28(26-4-2-3-5-27(26)33)37-40(29)30(41)21-39(15-14-38-16-18-43-19-17-38)31(42)24-10-12-25(13-11-24)32(34,35)36/h2-13,29H,14-21H2,1H3/t29-/m0/s1. The molecule has 0 N–H and O–H groups in total. The first kappa shape index (κ1) is 30.4. The van der Waals surface area contributed by atoms with E-state index in [0.717, 1.165) is 35.4 Å². The van der Waals surface area contributed by atoms with Crippen LogP contribution in [-0.2, 0) is 15.7 Å². The monoisotopic (exact) mass is 596 g/mol. The smallest absolute Gasteiger partial charge is 0.379 e. The number of aryl methyl sites for hydroxylation is 1. The fourth-order valence-corrected chi connectivity index (χ4v) is 5.21. The maximum atomic E-state index is 14.7. The number of rotatable bonds is 8. The van der Waals surface area contributed by atoms with Crippen molar-refractivity contribution in [3.8, 4) is 0 Å². The molecule has 2 heterocycles. The molecule has 7 nitrogen and oxygen atoms in total. The van der Waals surface area contributed by atoms with E-state index in [0.29, 0.717) is 44.1 Å². The molecule has 5 rings (SSSR count). The molecule has 1 saturated heterocycles. The molecule has 0 radical (unpaired) electrons. The second-order valence-electron chi connectivity index (χ2n) is 10.7. The zero-order chi connectivity index (χ0) is 30.6. The molecule has 0 saturated carbocycles. The van der Waals surface area contributed by atoms with Gasteiger partial charge in [0.25, 0.3) is 11.8 Å². The fraction of sp³-hybridized carbons (Fsp3) is 0.344. The van der Waals surface area contributed by atoms with Gasteiger partial charge in [0.05, 0.1) is 30.5 Å². The number of carbonyl (C=O) groups is 2. The van der Waals surface area contributed by atoms with E-state index in [1.54, 1.807) is 18.2 Å². The van der Waals surface area contributed by atoms with Crippen LogP contribution in [0, 0.1) is 12.7 Å². The number of halogens is 4. The molecule has 0 aromatic heterocycles. The SMILES string of the molecule is Cc1ccc([C@@H]2CC(c3ccccc3F)=NN2C(=O)CN(CCN2CCOCC2)C(=O)c2ccc(C(F)(F)F)cc2)cc1. The summed E-state index contributed by atoms with van der Waals surface area (Å²) < 4.78 is 59.5. The van der Waals surface area contributed by atoms with E-state index in [-0.39, 0.29) is 25.1 Å². The van der Waals surface area contributed by atoms with Crippen molar-refractivity contribution < 1.29 is 31.9 Å². The molecule has 1 fully saturated rings. The molecule has 1 atom stereocenters. The topological polar surface area (TPSA) is 65.5 Å². The Morgan fingerprint density at radius 3 is 2.30 bits per heavy atom. The minimum Gasteiger partial charge on any atom is -0.379 e. The first-order chi connectivity index (χ1) is 20.6. The highest BCUT2D eigenvalue weighted by atomic mass is 19.4. The second kappa shape index (κ2) is 13.0. The van der Waals surface area contributed by atoms with E-state index >= 15 is 0 Å². The number of hydrogen-bond donors (Lipinski definition) is 0. The normalized spacial score (nSPS) is 17.6. The Morgan fingerprint density at radius 2 is 1.65 bits per heavy atom. The van der Waals surface area contributed by atoms with Crippen LogP contribution >= 0.6 is 0 Å². The van der Waals surface area contributed by atoms with Gasteiger partial charge >= 0.3 is 6.18 Å². The van der Waals surface area contributed by atoms with Gasteiger partial charge in [0.1, 0.15) is 12.4 Å². The molecule has 0 spiro atoms. The van der Waals surface area contributed by atoms with Crippen molar-refractivity contribution in [2.24, 2.45) is 5.10 Å². The van der Waals surface area contributed by atoms with Crippen LogP contribution in [0.2, 0.25) is 0 Å². The van der Waals surface area contributed by atoms with Crippen LogP contribution < -0.4 is 0 Å². The van der Waals surface area contributed by atoms with Crippen LogP contribution in [0.25, 0.3) is 0 Å². The molecule has 2 amide bonds. The molecule has 43 heavy (non-hydrogen) atoms. The van der Waals surface area contributed by atoms with E-state index in [9.17, 15) is 27.2 Å². The zero-order valence-electron chi connectivity index (χ0n) is 23.7. The summed E-state index contributed by atoms with van der Waals surface area (Å²) in [5.74, 6) is -1.51. The Bertz CT molecular complexity index is 1470. The van der Waals surface area contributed by atoms with Gasteiger partial charge < -0.3 is 9.64 Å². The second-order valence-corrected chi connectivity index (χ2v) is 10.7. The summed E-state index contributed by atoms with van der Waals surface area (Å²) in [6.07, 6.45) is -4.27. The summed E-state index contributed by atoms with van der Waals surface area (Å²) in [7, 11) is 0. The molecule has 2 aliphatic heterocycles. The first-order valence-corrected chi connectivity index (χ1v) is 14.1. The average Bonchev–Trinajstić information content (AvgIpc) is 3.45. The van der Waals surface area contributed by atoms with Crippen LogP contribution in [0.3, 0.4) is 0 Å². The van der Waals surface area contributed by atoms with E-state index in [2.05, 4.69) is 10.0 Å². The highest BCUT2D eigenvalue weighted by Gasteiger charge is 2.36. The molecule has 226 valence electrons. The predicted octanol–water partition coefficient (Wildman–Crippen LogP) is 5.31. The van der Waals surface area contributed by atoms with Gasteiger partial charge in [-0.3, -0.25) is 14.5 Å². The maximum Gasteiger partial charge on any atom is 0.416 e. The number of hydrogen-bond acceptors (Lipinski definition) is 5. The van der Waals surface area contributed by atoms with Gasteiger partial charge in [-0.15, -0.1) is 0 Å². The number of nitrogens with zero attached hydrogens (tertiary/aromatic N) is 4. The van der Waals surface area contributed by atoms with Gasteiger partial charge in [-0.2, -0.15) is 18.3 Å². The van der Waals surface area contributed by atoms with Gasteiger partial charge in [0.15, 0.2) is 0 Å². The molecular formula is C32H32F4N4O3. The minimum atomic E-state index is -4.54. The van der Waals surface area contributed by atoms with Gasteiger partial charge in [0, 0.05) is 43.7 Å². The Balaban J connectivity index is 1.42. The van der Waals surface area contributed by atoms with Gasteiger partial charge in [-0.25, -0.2) is 9.40 Å². The molecule has 0 bridgehead atoms. The lowest BCUT2D eigenvalue weighted by Crippen LogP contribution is -2.46. The number of amides is 2. The van der Waals surface area contributed by atoms with Crippen molar-refractivity contribution in [1.82, 2.24) is 14.8 Å². The maximum absolute atomic E-state index is 14.7. The summed E-state index contributed by atoms with van der Waals surface area (Å²) in [5, 5.41) is 5.84. The third-order valence-corrected chi connectivity index (χ3v) is 7.68. The number of morpholine rings is 1. The Labute approximate surface area is 247 Å². The van der Waals surface area contributed by atoms with Crippen molar-refractivity contribution in [2.75, 3.05) is 45.9 Å². The Morgan fingerprint density at radius 1 is 0.977 bits per heavy atom. The molecule has 2 aliphatic rings. The van der Waals surface area contributed by atoms with E-state index in [1.165, 1.54) is 16.0 Å². The average molecular weight is 597 g/mol. The molecule has 11 heteroatoms. The number of carbonyl (C=O) groups excluding carboxylic acids is 2. The summed E-state index contributed by atoms with van der Waals surface area (Å²) in [6.45, 7) is 4.62. The third-order valence-electron chi connectivity index (χ3n) is 7.68. The van der Waals surface area contributed by atoms with Crippen molar-refractivity contribution in [3.63, 3.8) is 0 Å². The molecular weight excluding hydrogens is 564 g/mol. The molecule has 0 unspecified atom stereocenters. The van der Waals surface area contributed by atoms with Crippen molar-refractivity contribution in [3.05, 3.63) is 106 Å². The lowest BCUT2D eigenvalue weighted by Gasteiger charge is -2.31. The highest BCUT2D eigenvalue weighted by molar-refractivity contribution is 6.04. The largest absolute Gasteiger partial charge is 0.416 e. The van der Waals surface area contributed by atoms with E-state index in [1.807, 2.05) is 31.2 Å². The number of ether oxygens (including phenoxy) is 1. The van der Waals surface area contributed by atoms with Crippen molar-refractivity contribution >= 4 is 17.5 Å². The number of hydrazone groups is 1. The van der Waals surface area contributed by atoms with Gasteiger partial charge in [0.2, 0.25) is 0 Å². The summed E-state index contributed by atoms with van der Waals surface area (Å²) in [5.41, 5.74) is 1.71. The number of alkyl halides is 3. The quantitative estimate of drug-likeness (QED) is 0.331. The highest BCUT2D eigenvalue weighted by Crippen LogP contribution is 2.34. The van der Waals surface area contributed by atoms with Crippen LogP contribution in [0.15, 0.2) is 77.9 Å². The van der Waals surface area contributed by atoms with Crippen molar-refractivity contribution in [1.29, 1.82) is 0 Å². The minimum absolute atomic E-state index is 0.0369.